The van der Waals surface area contributed by atoms with Crippen molar-refractivity contribution in [3.63, 3.8) is 0 Å². The summed E-state index contributed by atoms with van der Waals surface area (Å²) >= 11 is 0. The molecule has 6 nitrogen and oxygen atoms in total. The summed E-state index contributed by atoms with van der Waals surface area (Å²) in [5.74, 6) is -0.994. The molecule has 36 heavy (non-hydrogen) atoms. The maximum atomic E-state index is 14.2. The number of carbonyl (C=O) groups is 2. The van der Waals surface area contributed by atoms with Gasteiger partial charge in [-0.05, 0) is 62.7 Å². The predicted molar refractivity (Wildman–Crippen MR) is 138 cm³/mol. The van der Waals surface area contributed by atoms with Gasteiger partial charge in [-0.1, -0.05) is 58.4 Å². The average Bonchev–Trinajstić information content (AvgIpc) is 2.91. The molecule has 0 saturated heterocycles. The molecule has 0 heterocycles. The number of carbonyl (C=O) groups excluding carboxylic acids is 2. The molecule has 4 aliphatic rings. The largest absolute Gasteiger partial charge is 0.393 e. The Bertz CT molecular complexity index is 1010. The summed E-state index contributed by atoms with van der Waals surface area (Å²) in [5, 5.41) is 43.8. The Morgan fingerprint density at radius 3 is 2.22 bits per heavy atom. The molecule has 0 aliphatic heterocycles. The molecule has 0 unspecified atom stereocenters. The topological polar surface area (TPSA) is 115 Å². The minimum Gasteiger partial charge on any atom is -0.393 e. The summed E-state index contributed by atoms with van der Waals surface area (Å²) in [6, 6.07) is 0. The lowest BCUT2D eigenvalue weighted by molar-refractivity contribution is -0.181. The van der Waals surface area contributed by atoms with Gasteiger partial charge in [-0.25, -0.2) is 0 Å². The second kappa shape index (κ2) is 8.08. The Kier molecular flexibility index (Phi) is 6.21. The van der Waals surface area contributed by atoms with Gasteiger partial charge in [0.25, 0.3) is 0 Å². The van der Waals surface area contributed by atoms with Crippen molar-refractivity contribution < 1.29 is 30.0 Å². The van der Waals surface area contributed by atoms with Crippen molar-refractivity contribution in [3.8, 4) is 0 Å². The Hall–Kier alpha value is -1.34. The van der Waals surface area contributed by atoms with Gasteiger partial charge in [0.2, 0.25) is 0 Å². The fourth-order valence-electron chi connectivity index (χ4n) is 9.17. The molecule has 4 aliphatic carbocycles. The van der Waals surface area contributed by atoms with Crippen LogP contribution in [0.4, 0.5) is 0 Å². The maximum Gasteiger partial charge on any atom is 0.162 e. The second-order valence-corrected chi connectivity index (χ2v) is 14.4. The minimum absolute atomic E-state index is 0.0880. The standard InChI is InChI=1S/C30H46O6/c1-25(2,35)12-9-13-29(7,36)23-20(32)15-27(5)21-11-10-17-18(14-19(31)24(34)26(17,3)4)30(21,8)22(33)16-28(23,27)6/h9-10,12,18,20-21,23-24,32,34-36H,11,13-16H2,1-8H3/b12-9+/t18-,20-,21+,23+,24-,27+,28-,29+,30+/m1/s1. The molecule has 0 spiro atoms. The van der Waals surface area contributed by atoms with Crippen LogP contribution in [0.15, 0.2) is 23.8 Å². The van der Waals surface area contributed by atoms with Crippen LogP contribution in [0.5, 0.6) is 0 Å². The van der Waals surface area contributed by atoms with Crippen molar-refractivity contribution in [3.05, 3.63) is 23.8 Å². The Balaban J connectivity index is 1.77. The fraction of sp³-hybridized carbons (Fsp3) is 0.800. The second-order valence-electron chi connectivity index (χ2n) is 14.4. The van der Waals surface area contributed by atoms with E-state index in [2.05, 4.69) is 19.9 Å². The normalized spacial score (nSPS) is 46.1. The number of rotatable bonds is 4. The van der Waals surface area contributed by atoms with Crippen LogP contribution in [-0.4, -0.2) is 55.4 Å². The van der Waals surface area contributed by atoms with E-state index < -0.39 is 51.0 Å². The van der Waals surface area contributed by atoms with Crippen molar-refractivity contribution in [2.75, 3.05) is 0 Å². The van der Waals surface area contributed by atoms with Crippen LogP contribution in [0.2, 0.25) is 0 Å². The first-order chi connectivity index (χ1) is 16.2. The molecule has 0 aromatic carbocycles. The summed E-state index contributed by atoms with van der Waals surface area (Å²) in [5.41, 5.74) is -3.83. The lowest BCUT2D eigenvalue weighted by atomic mass is 9.38. The van der Waals surface area contributed by atoms with Gasteiger partial charge in [-0.15, -0.1) is 0 Å². The highest BCUT2D eigenvalue weighted by Gasteiger charge is 2.73. The van der Waals surface area contributed by atoms with Crippen molar-refractivity contribution >= 4 is 11.6 Å². The lowest BCUT2D eigenvalue weighted by Crippen LogP contribution is -2.65. The number of ketones is 2. The van der Waals surface area contributed by atoms with Crippen LogP contribution in [-0.2, 0) is 9.59 Å². The van der Waals surface area contributed by atoms with E-state index >= 15 is 0 Å². The quantitative estimate of drug-likeness (QED) is 0.435. The van der Waals surface area contributed by atoms with Gasteiger partial charge in [0.05, 0.1) is 17.3 Å². The zero-order chi connectivity index (χ0) is 27.3. The Labute approximate surface area is 215 Å². The maximum absolute atomic E-state index is 14.2. The number of Topliss-reactive ketones (excluding diaryl/α,β-unsaturated/α-hetero) is 2. The molecule has 3 fully saturated rings. The van der Waals surface area contributed by atoms with E-state index in [4.69, 9.17) is 0 Å². The Morgan fingerprint density at radius 1 is 1.03 bits per heavy atom. The molecule has 0 aromatic heterocycles. The van der Waals surface area contributed by atoms with Gasteiger partial charge in [0.1, 0.15) is 11.9 Å². The average molecular weight is 503 g/mol. The van der Waals surface area contributed by atoms with Crippen molar-refractivity contribution in [2.24, 2.45) is 39.4 Å². The van der Waals surface area contributed by atoms with Gasteiger partial charge < -0.3 is 20.4 Å². The van der Waals surface area contributed by atoms with E-state index in [1.54, 1.807) is 32.9 Å². The number of hydrogen-bond acceptors (Lipinski definition) is 6. The van der Waals surface area contributed by atoms with E-state index in [9.17, 15) is 30.0 Å². The smallest absolute Gasteiger partial charge is 0.162 e. The SMILES string of the molecule is CC(C)(O)/C=C/C[C@](C)(O)[C@H]1[C@H](O)C[C@@]2(C)[C@@H]3CC=C4[C@@H](CC(=O)[C@@H](O)C4(C)C)[C@]3(C)C(=O)C[C@]12C. The molecule has 202 valence electrons. The summed E-state index contributed by atoms with van der Waals surface area (Å²) in [4.78, 5) is 27.1. The molecular formula is C30H46O6. The first-order valence-electron chi connectivity index (χ1n) is 13.5. The first-order valence-corrected chi connectivity index (χ1v) is 13.5. The van der Waals surface area contributed by atoms with Crippen LogP contribution in [0.3, 0.4) is 0 Å². The minimum atomic E-state index is -1.27. The van der Waals surface area contributed by atoms with E-state index in [-0.39, 0.29) is 42.7 Å². The highest BCUT2D eigenvalue weighted by Crippen LogP contribution is 2.74. The van der Waals surface area contributed by atoms with Gasteiger partial charge in [-0.3, -0.25) is 9.59 Å². The highest BCUT2D eigenvalue weighted by molar-refractivity contribution is 5.92. The van der Waals surface area contributed by atoms with Gasteiger partial charge in [0.15, 0.2) is 5.78 Å². The summed E-state index contributed by atoms with van der Waals surface area (Å²) in [6.45, 7) is 15.1. The van der Waals surface area contributed by atoms with Crippen molar-refractivity contribution in [2.45, 2.75) is 111 Å². The summed E-state index contributed by atoms with van der Waals surface area (Å²) in [7, 11) is 0. The lowest BCUT2D eigenvalue weighted by Gasteiger charge is -2.64. The van der Waals surface area contributed by atoms with Crippen LogP contribution < -0.4 is 0 Å². The zero-order valence-corrected chi connectivity index (χ0v) is 23.3. The van der Waals surface area contributed by atoms with Gasteiger partial charge >= 0.3 is 0 Å². The number of aliphatic hydroxyl groups excluding tert-OH is 2. The molecule has 4 rings (SSSR count). The van der Waals surface area contributed by atoms with Crippen LogP contribution >= 0.6 is 0 Å². The monoisotopic (exact) mass is 502 g/mol. The van der Waals surface area contributed by atoms with Gasteiger partial charge in [0, 0.05) is 29.6 Å². The third-order valence-corrected chi connectivity index (χ3v) is 11.2. The third kappa shape index (κ3) is 3.65. The third-order valence-electron chi connectivity index (χ3n) is 11.2. The van der Waals surface area contributed by atoms with E-state index in [1.807, 2.05) is 20.8 Å². The molecule has 0 aromatic rings. The fourth-order valence-corrected chi connectivity index (χ4v) is 9.17. The van der Waals surface area contributed by atoms with Crippen molar-refractivity contribution in [1.29, 1.82) is 0 Å². The Morgan fingerprint density at radius 2 is 1.64 bits per heavy atom. The number of hydrogen-bond donors (Lipinski definition) is 4. The van der Waals surface area contributed by atoms with Gasteiger partial charge in [-0.2, -0.15) is 0 Å². The van der Waals surface area contributed by atoms with E-state index in [0.717, 1.165) is 5.57 Å². The molecule has 4 N–H and O–H groups in total. The first kappa shape index (κ1) is 27.7. The molecule has 3 saturated carbocycles. The van der Waals surface area contributed by atoms with Crippen LogP contribution in [0.1, 0.15) is 87.5 Å². The van der Waals surface area contributed by atoms with Crippen LogP contribution in [0.25, 0.3) is 0 Å². The van der Waals surface area contributed by atoms with E-state index in [1.165, 1.54) is 0 Å². The van der Waals surface area contributed by atoms with Crippen molar-refractivity contribution in [1.82, 2.24) is 0 Å². The zero-order valence-electron chi connectivity index (χ0n) is 23.3. The summed E-state index contributed by atoms with van der Waals surface area (Å²) in [6.07, 6.45) is 5.48. The highest BCUT2D eigenvalue weighted by atomic mass is 16.3. The molecule has 0 amide bonds. The van der Waals surface area contributed by atoms with Crippen LogP contribution in [0, 0.1) is 39.4 Å². The number of fused-ring (bicyclic) bond motifs is 5. The molecular weight excluding hydrogens is 456 g/mol. The number of allylic oxidation sites excluding steroid dienone is 1. The predicted octanol–water partition coefficient (Wildman–Crippen LogP) is 3.75. The number of aliphatic hydroxyl groups is 4. The summed E-state index contributed by atoms with van der Waals surface area (Å²) < 4.78 is 0. The van der Waals surface area contributed by atoms with E-state index in [0.29, 0.717) is 12.8 Å². The molecule has 0 radical (unpaired) electrons. The molecule has 6 heteroatoms. The molecule has 9 atom stereocenters. The molecule has 0 bridgehead atoms.